The van der Waals surface area contributed by atoms with Gasteiger partial charge in [-0.15, -0.1) is 0 Å². The minimum absolute atomic E-state index is 0.0216. The van der Waals surface area contributed by atoms with Crippen LogP contribution in [0.3, 0.4) is 0 Å². The molecule has 0 amide bonds. The van der Waals surface area contributed by atoms with Crippen LogP contribution in [0.15, 0.2) is 0 Å². The van der Waals surface area contributed by atoms with E-state index in [-0.39, 0.29) is 18.9 Å². The zero-order chi connectivity index (χ0) is 13.7. The first kappa shape index (κ1) is 16.8. The molecule has 0 aliphatic rings. The van der Waals surface area contributed by atoms with Crippen LogP contribution in [0, 0.1) is 5.92 Å². The summed E-state index contributed by atoms with van der Waals surface area (Å²) < 4.78 is 29.9. The first-order chi connectivity index (χ1) is 7.53. The lowest BCUT2D eigenvalue weighted by Crippen LogP contribution is -2.13. The molecule has 1 unspecified atom stereocenters. The van der Waals surface area contributed by atoms with Crippen molar-refractivity contribution in [1.29, 1.82) is 0 Å². The average Bonchev–Trinajstić information content (AvgIpc) is 2.07. The molecular weight excluding hydrogens is 274 g/mol. The van der Waals surface area contributed by atoms with Crippen LogP contribution in [-0.2, 0) is 23.0 Å². The third-order valence-electron chi connectivity index (χ3n) is 1.53. The van der Waals surface area contributed by atoms with Crippen molar-refractivity contribution in [3.63, 3.8) is 0 Å². The molecule has 0 aromatic carbocycles. The second-order valence-electron chi connectivity index (χ2n) is 3.61. The van der Waals surface area contributed by atoms with E-state index in [9.17, 15) is 13.9 Å². The monoisotopic (exact) mass is 290 g/mol. The van der Waals surface area contributed by atoms with E-state index in [1.165, 1.54) is 0 Å². The number of esters is 1. The molecule has 0 rings (SSSR count). The summed E-state index contributed by atoms with van der Waals surface area (Å²) in [6, 6.07) is 0. The molecule has 0 bridgehead atoms. The number of rotatable bonds is 7. The SMILES string of the molecule is CC(C)C(=O)OCCCP(=O)(O)OP(=O)(O)O. The molecule has 17 heavy (non-hydrogen) atoms. The Labute approximate surface area is 98.7 Å². The predicted octanol–water partition coefficient (Wildman–Crippen LogP) is 0.870. The quantitative estimate of drug-likeness (QED) is 0.357. The number of phosphoric acid groups is 1. The maximum absolute atomic E-state index is 11.1. The Bertz CT molecular complexity index is 346. The molecule has 0 aromatic heterocycles. The average molecular weight is 290 g/mol. The van der Waals surface area contributed by atoms with Crippen molar-refractivity contribution in [2.45, 2.75) is 20.3 Å². The van der Waals surface area contributed by atoms with Gasteiger partial charge in [-0.05, 0) is 6.42 Å². The van der Waals surface area contributed by atoms with Crippen molar-refractivity contribution in [2.24, 2.45) is 5.92 Å². The maximum Gasteiger partial charge on any atom is 0.476 e. The van der Waals surface area contributed by atoms with E-state index in [0.29, 0.717) is 0 Å². The van der Waals surface area contributed by atoms with Crippen molar-refractivity contribution in [2.75, 3.05) is 12.8 Å². The molecule has 0 fully saturated rings. The minimum atomic E-state index is -4.99. The van der Waals surface area contributed by atoms with E-state index in [1.54, 1.807) is 13.8 Å². The third kappa shape index (κ3) is 9.47. The summed E-state index contributed by atoms with van der Waals surface area (Å²) in [5.74, 6) is -0.754. The topological polar surface area (TPSA) is 130 Å². The summed E-state index contributed by atoms with van der Waals surface area (Å²) in [5.41, 5.74) is 0. The minimum Gasteiger partial charge on any atom is -0.465 e. The molecule has 102 valence electrons. The van der Waals surface area contributed by atoms with Gasteiger partial charge in [0.05, 0.1) is 18.7 Å². The molecule has 10 heteroatoms. The Morgan fingerprint density at radius 2 is 1.76 bits per heavy atom. The molecule has 0 saturated carbocycles. The molecule has 0 spiro atoms. The zero-order valence-electron chi connectivity index (χ0n) is 9.48. The lowest BCUT2D eigenvalue weighted by Gasteiger charge is -2.12. The van der Waals surface area contributed by atoms with Gasteiger partial charge in [-0.2, -0.15) is 0 Å². The van der Waals surface area contributed by atoms with Gasteiger partial charge in [-0.1, -0.05) is 13.8 Å². The van der Waals surface area contributed by atoms with Gasteiger partial charge in [0.1, 0.15) is 0 Å². The summed E-state index contributed by atoms with van der Waals surface area (Å²) in [6.07, 6.45) is -0.518. The highest BCUT2D eigenvalue weighted by Gasteiger charge is 2.30. The molecular formula is C7H16O8P2. The predicted molar refractivity (Wildman–Crippen MR) is 58.2 cm³/mol. The summed E-state index contributed by atoms with van der Waals surface area (Å²) in [6.45, 7) is 3.17. The smallest absolute Gasteiger partial charge is 0.465 e. The first-order valence-corrected chi connectivity index (χ1v) is 8.08. The van der Waals surface area contributed by atoms with Crippen LogP contribution in [0.4, 0.5) is 0 Å². The van der Waals surface area contributed by atoms with Crippen LogP contribution in [0.2, 0.25) is 0 Å². The van der Waals surface area contributed by atoms with Gasteiger partial charge in [0.15, 0.2) is 0 Å². The van der Waals surface area contributed by atoms with Gasteiger partial charge >= 0.3 is 21.4 Å². The lowest BCUT2D eigenvalue weighted by molar-refractivity contribution is -0.147. The highest BCUT2D eigenvalue weighted by Crippen LogP contribution is 2.56. The second-order valence-corrected chi connectivity index (χ2v) is 6.97. The lowest BCUT2D eigenvalue weighted by atomic mass is 10.2. The molecule has 0 aliphatic heterocycles. The number of hydrogen-bond donors (Lipinski definition) is 3. The second kappa shape index (κ2) is 6.64. The highest BCUT2D eigenvalue weighted by molar-refractivity contribution is 7.63. The summed E-state index contributed by atoms with van der Waals surface area (Å²) >= 11 is 0. The van der Waals surface area contributed by atoms with Crippen molar-refractivity contribution in [3.8, 4) is 0 Å². The highest BCUT2D eigenvalue weighted by atomic mass is 31.3. The van der Waals surface area contributed by atoms with Crippen LogP contribution in [0.1, 0.15) is 20.3 Å². The molecule has 0 aliphatic carbocycles. The van der Waals surface area contributed by atoms with Crippen molar-refractivity contribution < 1.29 is 37.7 Å². The Morgan fingerprint density at radius 3 is 2.18 bits per heavy atom. The zero-order valence-corrected chi connectivity index (χ0v) is 11.3. The number of carbonyl (C=O) groups is 1. The number of hydrogen-bond acceptors (Lipinski definition) is 5. The standard InChI is InChI=1S/C7H16O8P2/c1-6(2)7(8)14-4-3-5-16(9,10)15-17(11,12)13/h6H,3-5H2,1-2H3,(H,9,10)(H2,11,12,13). The van der Waals surface area contributed by atoms with Gasteiger partial charge in [0, 0.05) is 0 Å². The van der Waals surface area contributed by atoms with Crippen LogP contribution in [0.25, 0.3) is 0 Å². The van der Waals surface area contributed by atoms with Crippen LogP contribution >= 0.6 is 15.4 Å². The normalized spacial score (nSPS) is 15.6. The molecule has 0 saturated heterocycles. The molecule has 0 radical (unpaired) electrons. The van der Waals surface area contributed by atoms with E-state index < -0.39 is 27.5 Å². The fourth-order valence-electron chi connectivity index (χ4n) is 0.811. The van der Waals surface area contributed by atoms with Crippen molar-refractivity contribution in [3.05, 3.63) is 0 Å². The molecule has 0 aromatic rings. The van der Waals surface area contributed by atoms with E-state index in [2.05, 4.69) is 4.31 Å². The maximum atomic E-state index is 11.1. The van der Waals surface area contributed by atoms with Gasteiger partial charge in [-0.3, -0.25) is 9.36 Å². The number of carbonyl (C=O) groups excluding carboxylic acids is 1. The summed E-state index contributed by atoms with van der Waals surface area (Å²) in [7, 11) is -9.34. The molecule has 3 N–H and O–H groups in total. The third-order valence-corrected chi connectivity index (χ3v) is 4.29. The Kier molecular flexibility index (Phi) is 6.55. The van der Waals surface area contributed by atoms with Gasteiger partial charge in [0.25, 0.3) is 0 Å². The van der Waals surface area contributed by atoms with Crippen molar-refractivity contribution in [1.82, 2.24) is 0 Å². The van der Waals surface area contributed by atoms with E-state index >= 15 is 0 Å². The molecule has 1 atom stereocenters. The molecule has 0 heterocycles. The van der Waals surface area contributed by atoms with Gasteiger partial charge in [0.2, 0.25) is 0 Å². The first-order valence-electron chi connectivity index (χ1n) is 4.79. The van der Waals surface area contributed by atoms with Crippen LogP contribution in [-0.4, -0.2) is 33.4 Å². The van der Waals surface area contributed by atoms with E-state index in [1.807, 2.05) is 0 Å². The fourth-order valence-corrected chi connectivity index (χ4v) is 3.00. The van der Waals surface area contributed by atoms with E-state index in [4.69, 9.17) is 19.4 Å². The van der Waals surface area contributed by atoms with Gasteiger partial charge in [-0.25, -0.2) is 8.88 Å². The van der Waals surface area contributed by atoms with Crippen molar-refractivity contribution >= 4 is 21.4 Å². The van der Waals surface area contributed by atoms with Crippen LogP contribution < -0.4 is 0 Å². The Balaban J connectivity index is 3.93. The summed E-state index contributed by atoms with van der Waals surface area (Å²) in [5, 5.41) is 0. The summed E-state index contributed by atoms with van der Waals surface area (Å²) in [4.78, 5) is 36.7. The fraction of sp³-hybridized carbons (Fsp3) is 0.857. The Morgan fingerprint density at radius 1 is 1.24 bits per heavy atom. The largest absolute Gasteiger partial charge is 0.476 e. The molecule has 8 nitrogen and oxygen atoms in total. The number of ether oxygens (including phenoxy) is 1. The Hall–Kier alpha value is -0.230. The van der Waals surface area contributed by atoms with Crippen LogP contribution in [0.5, 0.6) is 0 Å². The van der Waals surface area contributed by atoms with E-state index in [0.717, 1.165) is 0 Å². The van der Waals surface area contributed by atoms with Gasteiger partial charge < -0.3 is 19.4 Å².